The van der Waals surface area contributed by atoms with E-state index in [1.165, 1.54) is 60.9 Å². The number of para-hydroxylation sites is 1. The first-order chi connectivity index (χ1) is 20.3. The van der Waals surface area contributed by atoms with Crippen LogP contribution in [0, 0.1) is 0 Å². The molecule has 5 aromatic carbocycles. The Kier molecular flexibility index (Phi) is 5.54. The molecule has 2 unspecified atom stereocenters. The van der Waals surface area contributed by atoms with Crippen molar-refractivity contribution >= 4 is 38.6 Å². The number of allylic oxidation sites excluding steroid dienone is 1. The van der Waals surface area contributed by atoms with E-state index in [0.717, 1.165) is 12.1 Å². The largest absolute Gasteiger partial charge is 0.385 e. The molecule has 0 bridgehead atoms. The molecule has 2 aliphatic heterocycles. The highest BCUT2D eigenvalue weighted by molar-refractivity contribution is 6.16. The molecule has 0 amide bonds. The van der Waals surface area contributed by atoms with Crippen molar-refractivity contribution in [1.82, 2.24) is 0 Å². The SMILES string of the molecule is C=CC1C(CCOC)c2c3c(cc4ccccc24)N(c2ccccc2)c2cc(-c4ccccc4)cc4cc[n+]1c-3c24. The first kappa shape index (κ1) is 24.1. The molecule has 198 valence electrons. The summed E-state index contributed by atoms with van der Waals surface area (Å²) in [6.07, 6.45) is 5.33. The van der Waals surface area contributed by atoms with Gasteiger partial charge in [0, 0.05) is 25.5 Å². The van der Waals surface area contributed by atoms with Gasteiger partial charge in [0.05, 0.1) is 28.2 Å². The Morgan fingerprint density at radius 2 is 1.56 bits per heavy atom. The molecule has 0 fully saturated rings. The van der Waals surface area contributed by atoms with Crippen LogP contribution >= 0.6 is 0 Å². The lowest BCUT2D eigenvalue weighted by atomic mass is 9.75. The van der Waals surface area contributed by atoms with Gasteiger partial charge < -0.3 is 9.64 Å². The predicted molar refractivity (Wildman–Crippen MR) is 169 cm³/mol. The van der Waals surface area contributed by atoms with E-state index in [1.807, 2.05) is 0 Å². The lowest BCUT2D eigenvalue weighted by Crippen LogP contribution is -2.47. The Morgan fingerprint density at radius 1 is 0.805 bits per heavy atom. The molecule has 0 radical (unpaired) electrons. The van der Waals surface area contributed by atoms with Gasteiger partial charge in [-0.25, -0.2) is 0 Å². The first-order valence-corrected chi connectivity index (χ1v) is 14.4. The third-order valence-corrected chi connectivity index (χ3v) is 8.95. The highest BCUT2D eigenvalue weighted by Gasteiger charge is 2.45. The van der Waals surface area contributed by atoms with Gasteiger partial charge in [0.25, 0.3) is 0 Å². The molecule has 2 aliphatic rings. The fourth-order valence-electron chi connectivity index (χ4n) is 7.24. The summed E-state index contributed by atoms with van der Waals surface area (Å²) in [6.45, 7) is 5.05. The average Bonchev–Trinajstić information content (AvgIpc) is 3.03. The van der Waals surface area contributed by atoms with Crippen LogP contribution in [0.1, 0.15) is 23.9 Å². The van der Waals surface area contributed by atoms with Gasteiger partial charge in [0.1, 0.15) is 0 Å². The van der Waals surface area contributed by atoms with Crippen LogP contribution < -0.4 is 9.47 Å². The maximum absolute atomic E-state index is 5.66. The number of anilines is 3. The number of hydrogen-bond donors (Lipinski definition) is 0. The summed E-state index contributed by atoms with van der Waals surface area (Å²) in [5.74, 6) is 0.241. The van der Waals surface area contributed by atoms with E-state index >= 15 is 0 Å². The molecule has 2 atom stereocenters. The fraction of sp³-hybridized carbons (Fsp3) is 0.132. The molecule has 3 heteroatoms. The third-order valence-electron chi connectivity index (χ3n) is 8.95. The van der Waals surface area contributed by atoms with E-state index in [9.17, 15) is 0 Å². The van der Waals surface area contributed by atoms with Gasteiger partial charge in [-0.05, 0) is 75.7 Å². The van der Waals surface area contributed by atoms with Crippen LogP contribution in [0.3, 0.4) is 0 Å². The lowest BCUT2D eigenvalue weighted by Gasteiger charge is -2.39. The summed E-state index contributed by atoms with van der Waals surface area (Å²) in [6, 6.07) is 39.9. The maximum atomic E-state index is 5.66. The molecule has 1 aromatic heterocycles. The molecule has 8 rings (SSSR count). The summed E-state index contributed by atoms with van der Waals surface area (Å²) in [7, 11) is 1.80. The molecule has 3 heterocycles. The van der Waals surface area contributed by atoms with Crippen molar-refractivity contribution < 1.29 is 9.30 Å². The minimum atomic E-state index is 0.126. The minimum Gasteiger partial charge on any atom is -0.385 e. The van der Waals surface area contributed by atoms with Crippen molar-refractivity contribution in [3.8, 4) is 22.4 Å². The predicted octanol–water partition coefficient (Wildman–Crippen LogP) is 9.26. The molecular formula is C38H31N2O+. The van der Waals surface area contributed by atoms with Crippen LogP contribution in [-0.4, -0.2) is 13.7 Å². The first-order valence-electron chi connectivity index (χ1n) is 14.4. The van der Waals surface area contributed by atoms with E-state index in [0.29, 0.717) is 6.61 Å². The Morgan fingerprint density at radius 3 is 2.34 bits per heavy atom. The van der Waals surface area contributed by atoms with Gasteiger partial charge in [-0.1, -0.05) is 79.4 Å². The Hall–Kier alpha value is -4.73. The van der Waals surface area contributed by atoms with Gasteiger partial charge in [-0.2, -0.15) is 4.57 Å². The highest BCUT2D eigenvalue weighted by Crippen LogP contribution is 2.57. The van der Waals surface area contributed by atoms with Crippen molar-refractivity contribution in [2.75, 3.05) is 18.6 Å². The summed E-state index contributed by atoms with van der Waals surface area (Å²) < 4.78 is 8.13. The van der Waals surface area contributed by atoms with E-state index in [2.05, 4.69) is 138 Å². The van der Waals surface area contributed by atoms with Crippen molar-refractivity contribution in [3.63, 3.8) is 0 Å². The zero-order valence-electron chi connectivity index (χ0n) is 23.1. The van der Waals surface area contributed by atoms with Gasteiger partial charge in [-0.15, -0.1) is 0 Å². The van der Waals surface area contributed by atoms with Gasteiger partial charge in [0.2, 0.25) is 5.69 Å². The molecule has 3 nitrogen and oxygen atoms in total. The normalized spacial score (nSPS) is 16.8. The number of fused-ring (bicyclic) bond motifs is 2. The number of pyridine rings is 1. The molecule has 0 saturated heterocycles. The number of hydrogen-bond acceptors (Lipinski definition) is 2. The summed E-state index contributed by atoms with van der Waals surface area (Å²) in [5, 5.41) is 5.11. The van der Waals surface area contributed by atoms with Gasteiger partial charge in [0.15, 0.2) is 12.2 Å². The monoisotopic (exact) mass is 531 g/mol. The molecule has 0 aliphatic carbocycles. The van der Waals surface area contributed by atoms with Gasteiger partial charge in [-0.3, -0.25) is 0 Å². The number of benzene rings is 5. The van der Waals surface area contributed by atoms with Gasteiger partial charge >= 0.3 is 0 Å². The Labute approximate surface area is 240 Å². The van der Waals surface area contributed by atoms with Crippen LogP contribution in [0.25, 0.3) is 43.9 Å². The summed E-state index contributed by atoms with van der Waals surface area (Å²) in [5.41, 5.74) is 10.1. The van der Waals surface area contributed by atoms with Crippen molar-refractivity contribution in [1.29, 1.82) is 0 Å². The standard InChI is InChI=1S/C38H31N2O/c1-3-32-31(19-21-41-2)36-30-17-11-10-14-26(30)23-34-37(36)38-35-27(18-20-39(32)38)22-28(25-12-6-4-7-13-25)24-33(35)40(34)29-15-8-5-9-16-29/h3-18,20,22-24,31-32H,1,19,21H2,2H3/q+1. The zero-order valence-corrected chi connectivity index (χ0v) is 23.1. The van der Waals surface area contributed by atoms with Crippen LogP contribution in [0.4, 0.5) is 17.1 Å². The molecule has 0 spiro atoms. The number of aromatic nitrogens is 1. The van der Waals surface area contributed by atoms with E-state index in [4.69, 9.17) is 4.74 Å². The topological polar surface area (TPSA) is 16.4 Å². The van der Waals surface area contributed by atoms with Crippen LogP contribution in [0.5, 0.6) is 0 Å². The average molecular weight is 532 g/mol. The van der Waals surface area contributed by atoms with Crippen LogP contribution in [-0.2, 0) is 4.74 Å². The van der Waals surface area contributed by atoms with Crippen molar-refractivity contribution in [2.24, 2.45) is 0 Å². The van der Waals surface area contributed by atoms with Crippen molar-refractivity contribution in [3.05, 3.63) is 134 Å². The minimum absolute atomic E-state index is 0.126. The smallest absolute Gasteiger partial charge is 0.225 e. The van der Waals surface area contributed by atoms with Crippen molar-refractivity contribution in [2.45, 2.75) is 18.4 Å². The molecule has 41 heavy (non-hydrogen) atoms. The molecule has 6 aromatic rings. The number of rotatable bonds is 6. The second-order valence-electron chi connectivity index (χ2n) is 11.1. The molecule has 0 saturated carbocycles. The molecule has 0 N–H and O–H groups in total. The number of nitrogens with zero attached hydrogens (tertiary/aromatic N) is 2. The second kappa shape index (κ2) is 9.43. The van der Waals surface area contributed by atoms with Crippen LogP contribution in [0.15, 0.2) is 128 Å². The van der Waals surface area contributed by atoms with E-state index < -0.39 is 0 Å². The zero-order chi connectivity index (χ0) is 27.5. The van der Waals surface area contributed by atoms with Crippen LogP contribution in [0.2, 0.25) is 0 Å². The Bertz CT molecular complexity index is 1960. The second-order valence-corrected chi connectivity index (χ2v) is 11.1. The Balaban J connectivity index is 1.56. The lowest BCUT2D eigenvalue weighted by molar-refractivity contribution is -0.706. The fourth-order valence-corrected chi connectivity index (χ4v) is 7.24. The summed E-state index contributed by atoms with van der Waals surface area (Å²) >= 11 is 0. The van der Waals surface area contributed by atoms with E-state index in [1.54, 1.807) is 7.11 Å². The highest BCUT2D eigenvalue weighted by atomic mass is 16.5. The number of methoxy groups -OCH3 is 1. The quantitative estimate of drug-likeness (QED) is 0.157. The summed E-state index contributed by atoms with van der Waals surface area (Å²) in [4.78, 5) is 2.49. The van der Waals surface area contributed by atoms with E-state index in [-0.39, 0.29) is 12.0 Å². The molecular weight excluding hydrogens is 500 g/mol. The number of ether oxygens (including phenoxy) is 1. The third kappa shape index (κ3) is 3.52. The maximum Gasteiger partial charge on any atom is 0.225 e.